The molecule has 82 valence electrons. The van der Waals surface area contributed by atoms with E-state index in [4.69, 9.17) is 16.3 Å². The van der Waals surface area contributed by atoms with Crippen LogP contribution in [0.2, 0.25) is 5.02 Å². The van der Waals surface area contributed by atoms with Crippen LogP contribution in [-0.4, -0.2) is 0 Å². The van der Waals surface area contributed by atoms with Crippen LogP contribution in [-0.2, 0) is 0 Å². The van der Waals surface area contributed by atoms with Crippen LogP contribution in [0.1, 0.15) is 0 Å². The van der Waals surface area contributed by atoms with Crippen LogP contribution >= 0.6 is 11.6 Å². The quantitative estimate of drug-likeness (QED) is 0.756. The predicted molar refractivity (Wildman–Crippen MR) is 57.9 cm³/mol. The van der Waals surface area contributed by atoms with Gasteiger partial charge in [-0.25, -0.2) is 8.78 Å². The molecule has 0 aromatic heterocycles. The molecule has 2 aromatic rings. The first-order chi connectivity index (χ1) is 7.65. The van der Waals surface area contributed by atoms with E-state index in [-0.39, 0.29) is 10.8 Å². The Morgan fingerprint density at radius 1 is 0.875 bits per heavy atom. The Balaban J connectivity index is 2.20. The SMILES string of the molecule is Fc1ccc(Oc2ccc(F)c(Cl)c2)cc1. The standard InChI is InChI=1S/C12H7ClF2O/c13-11-7-10(5-6-12(11)15)16-9-3-1-8(14)2-4-9/h1-7H. The summed E-state index contributed by atoms with van der Waals surface area (Å²) in [6.45, 7) is 0. The fourth-order valence-electron chi connectivity index (χ4n) is 1.18. The van der Waals surface area contributed by atoms with E-state index in [1.165, 1.54) is 42.5 Å². The van der Waals surface area contributed by atoms with Crippen molar-refractivity contribution in [2.75, 3.05) is 0 Å². The first kappa shape index (κ1) is 10.9. The summed E-state index contributed by atoms with van der Waals surface area (Å²) in [4.78, 5) is 0. The summed E-state index contributed by atoms with van der Waals surface area (Å²) in [5, 5.41) is -0.0142. The molecule has 4 heteroatoms. The molecule has 0 spiro atoms. The van der Waals surface area contributed by atoms with Crippen molar-refractivity contribution in [3.63, 3.8) is 0 Å². The van der Waals surface area contributed by atoms with Crippen molar-refractivity contribution in [1.29, 1.82) is 0 Å². The van der Waals surface area contributed by atoms with Crippen molar-refractivity contribution in [2.45, 2.75) is 0 Å². The molecular weight excluding hydrogens is 234 g/mol. The van der Waals surface area contributed by atoms with E-state index in [9.17, 15) is 8.78 Å². The highest BCUT2D eigenvalue weighted by Gasteiger charge is 2.02. The molecule has 2 aromatic carbocycles. The largest absolute Gasteiger partial charge is 0.457 e. The van der Waals surface area contributed by atoms with Gasteiger partial charge in [0.1, 0.15) is 23.1 Å². The Bertz CT molecular complexity index is 497. The lowest BCUT2D eigenvalue weighted by molar-refractivity contribution is 0.478. The van der Waals surface area contributed by atoms with Crippen molar-refractivity contribution in [3.8, 4) is 11.5 Å². The van der Waals surface area contributed by atoms with E-state index >= 15 is 0 Å². The van der Waals surface area contributed by atoms with Crippen LogP contribution in [0, 0.1) is 11.6 Å². The van der Waals surface area contributed by atoms with Crippen LogP contribution in [0.25, 0.3) is 0 Å². The Morgan fingerprint density at radius 2 is 1.50 bits per heavy atom. The maximum absolute atomic E-state index is 12.9. The zero-order valence-corrected chi connectivity index (χ0v) is 8.84. The number of hydrogen-bond donors (Lipinski definition) is 0. The molecule has 0 amide bonds. The van der Waals surface area contributed by atoms with Crippen LogP contribution in [0.15, 0.2) is 42.5 Å². The third kappa shape index (κ3) is 2.49. The number of ether oxygens (including phenoxy) is 1. The van der Waals surface area contributed by atoms with Gasteiger partial charge in [-0.05, 0) is 36.4 Å². The van der Waals surface area contributed by atoms with Crippen LogP contribution in [0.4, 0.5) is 8.78 Å². The normalized spacial score (nSPS) is 10.2. The van der Waals surface area contributed by atoms with Gasteiger partial charge < -0.3 is 4.74 Å². The van der Waals surface area contributed by atoms with E-state index in [0.29, 0.717) is 11.5 Å². The number of benzene rings is 2. The Hall–Kier alpha value is -1.61. The summed E-state index contributed by atoms with van der Waals surface area (Å²) in [6.07, 6.45) is 0. The highest BCUT2D eigenvalue weighted by Crippen LogP contribution is 2.25. The minimum Gasteiger partial charge on any atom is -0.457 e. The molecule has 0 heterocycles. The Kier molecular flexibility index (Phi) is 3.06. The van der Waals surface area contributed by atoms with E-state index in [1.54, 1.807) is 0 Å². The van der Waals surface area contributed by atoms with Gasteiger partial charge in [-0.15, -0.1) is 0 Å². The number of hydrogen-bond acceptors (Lipinski definition) is 1. The van der Waals surface area contributed by atoms with Crippen molar-refractivity contribution >= 4 is 11.6 Å². The average Bonchev–Trinajstić information content (AvgIpc) is 2.27. The third-order valence-corrected chi connectivity index (χ3v) is 2.23. The zero-order valence-electron chi connectivity index (χ0n) is 8.08. The summed E-state index contributed by atoms with van der Waals surface area (Å²) in [7, 11) is 0. The van der Waals surface area contributed by atoms with Crippen LogP contribution in [0.5, 0.6) is 11.5 Å². The smallest absolute Gasteiger partial charge is 0.142 e. The average molecular weight is 241 g/mol. The first-order valence-electron chi connectivity index (χ1n) is 4.53. The topological polar surface area (TPSA) is 9.23 Å². The van der Waals surface area contributed by atoms with Gasteiger partial charge in [0.05, 0.1) is 5.02 Å². The van der Waals surface area contributed by atoms with Crippen molar-refractivity contribution in [1.82, 2.24) is 0 Å². The van der Waals surface area contributed by atoms with Crippen LogP contribution < -0.4 is 4.74 Å². The molecular formula is C12H7ClF2O. The molecule has 0 unspecified atom stereocenters. The summed E-state index contributed by atoms with van der Waals surface area (Å²) < 4.78 is 30.8. The molecule has 1 nitrogen and oxygen atoms in total. The second-order valence-corrected chi connectivity index (χ2v) is 3.54. The summed E-state index contributed by atoms with van der Waals surface area (Å²) in [5.41, 5.74) is 0. The van der Waals surface area contributed by atoms with Gasteiger partial charge in [0, 0.05) is 6.07 Å². The summed E-state index contributed by atoms with van der Waals surface area (Å²) in [6, 6.07) is 9.53. The second kappa shape index (κ2) is 4.49. The van der Waals surface area contributed by atoms with Gasteiger partial charge in [0.25, 0.3) is 0 Å². The highest BCUT2D eigenvalue weighted by atomic mass is 35.5. The van der Waals surface area contributed by atoms with Gasteiger partial charge in [0.15, 0.2) is 0 Å². The van der Waals surface area contributed by atoms with Gasteiger partial charge >= 0.3 is 0 Å². The highest BCUT2D eigenvalue weighted by molar-refractivity contribution is 6.30. The fourth-order valence-corrected chi connectivity index (χ4v) is 1.35. The lowest BCUT2D eigenvalue weighted by Gasteiger charge is -2.05. The Morgan fingerprint density at radius 3 is 2.12 bits per heavy atom. The van der Waals surface area contributed by atoms with E-state index in [1.807, 2.05) is 0 Å². The van der Waals surface area contributed by atoms with Crippen molar-refractivity contribution in [2.24, 2.45) is 0 Å². The number of rotatable bonds is 2. The predicted octanol–water partition coefficient (Wildman–Crippen LogP) is 4.41. The molecule has 0 aliphatic carbocycles. The van der Waals surface area contributed by atoms with Gasteiger partial charge in [-0.2, -0.15) is 0 Å². The molecule has 0 saturated carbocycles. The van der Waals surface area contributed by atoms with Crippen molar-refractivity contribution < 1.29 is 13.5 Å². The molecule has 16 heavy (non-hydrogen) atoms. The molecule has 0 saturated heterocycles. The molecule has 2 rings (SSSR count). The third-order valence-electron chi connectivity index (χ3n) is 1.94. The van der Waals surface area contributed by atoms with E-state index < -0.39 is 5.82 Å². The van der Waals surface area contributed by atoms with E-state index in [0.717, 1.165) is 0 Å². The maximum Gasteiger partial charge on any atom is 0.142 e. The van der Waals surface area contributed by atoms with Gasteiger partial charge in [-0.1, -0.05) is 11.6 Å². The summed E-state index contributed by atoms with van der Waals surface area (Å²) in [5.74, 6) is 0.0136. The molecule has 0 bridgehead atoms. The van der Waals surface area contributed by atoms with Gasteiger partial charge in [0.2, 0.25) is 0 Å². The molecule has 0 N–H and O–H groups in total. The van der Waals surface area contributed by atoms with Gasteiger partial charge in [-0.3, -0.25) is 0 Å². The molecule has 0 atom stereocenters. The second-order valence-electron chi connectivity index (χ2n) is 3.13. The lowest BCUT2D eigenvalue weighted by Crippen LogP contribution is -1.85. The molecule has 0 fully saturated rings. The zero-order chi connectivity index (χ0) is 11.5. The minimum absolute atomic E-state index is 0.0142. The molecule has 0 radical (unpaired) electrons. The van der Waals surface area contributed by atoms with E-state index in [2.05, 4.69) is 0 Å². The maximum atomic E-state index is 12.9. The lowest BCUT2D eigenvalue weighted by atomic mass is 10.3. The number of halogens is 3. The fraction of sp³-hybridized carbons (Fsp3) is 0. The molecule has 0 aliphatic rings. The van der Waals surface area contributed by atoms with Crippen LogP contribution in [0.3, 0.4) is 0 Å². The first-order valence-corrected chi connectivity index (χ1v) is 4.91. The minimum atomic E-state index is -0.506. The Labute approximate surface area is 96.2 Å². The van der Waals surface area contributed by atoms with Crippen molar-refractivity contribution in [3.05, 3.63) is 59.1 Å². The summed E-state index contributed by atoms with van der Waals surface area (Å²) >= 11 is 5.59. The molecule has 0 aliphatic heterocycles. The monoisotopic (exact) mass is 240 g/mol.